The predicted molar refractivity (Wildman–Crippen MR) is 125 cm³/mol. The molecule has 0 radical (unpaired) electrons. The molecule has 0 unspecified atom stereocenters. The minimum atomic E-state index is -3.99. The largest absolute Gasteiger partial charge is 0.495 e. The van der Waals surface area contributed by atoms with Crippen LogP contribution in [0.5, 0.6) is 11.5 Å². The Morgan fingerprint density at radius 1 is 1.06 bits per heavy atom. The number of methoxy groups -OCH3 is 2. The molecule has 1 heterocycles. The molecule has 7 nitrogen and oxygen atoms in total. The Bertz CT molecular complexity index is 1100. The second-order valence-corrected chi connectivity index (χ2v) is 10.7. The summed E-state index contributed by atoms with van der Waals surface area (Å²) in [4.78, 5) is 14.9. The lowest BCUT2D eigenvalue weighted by Crippen LogP contribution is -2.42. The highest BCUT2D eigenvalue weighted by molar-refractivity contribution is 7.92. The van der Waals surface area contributed by atoms with Gasteiger partial charge in [-0.05, 0) is 42.5 Å². The molecule has 2 aromatic rings. The first-order chi connectivity index (χ1) is 15.1. The molecule has 2 aromatic carbocycles. The summed E-state index contributed by atoms with van der Waals surface area (Å²) in [6, 6.07) is 9.14. The number of likely N-dealkylation sites (tertiary alicyclic amines) is 1. The molecule has 0 N–H and O–H groups in total. The Hall–Kier alpha value is -2.45. The summed E-state index contributed by atoms with van der Waals surface area (Å²) in [7, 11) is 0.331. The predicted octanol–water partition coefficient (Wildman–Crippen LogP) is 4.30. The molecule has 0 spiro atoms. The Labute approximate surface area is 194 Å². The van der Waals surface area contributed by atoms with Gasteiger partial charge in [-0.1, -0.05) is 31.5 Å². The third kappa shape index (κ3) is 4.81. The summed E-state index contributed by atoms with van der Waals surface area (Å²) in [5, 5.41) is 0.252. The van der Waals surface area contributed by atoms with Gasteiger partial charge < -0.3 is 14.4 Å². The van der Waals surface area contributed by atoms with E-state index in [0.29, 0.717) is 42.0 Å². The van der Waals surface area contributed by atoms with Crippen LogP contribution in [0.15, 0.2) is 41.3 Å². The van der Waals surface area contributed by atoms with Crippen molar-refractivity contribution in [2.75, 3.05) is 38.7 Å². The second kappa shape index (κ2) is 9.58. The van der Waals surface area contributed by atoms with Gasteiger partial charge in [-0.25, -0.2) is 8.42 Å². The highest BCUT2D eigenvalue weighted by Gasteiger charge is 2.29. The molecule has 1 saturated heterocycles. The summed E-state index contributed by atoms with van der Waals surface area (Å²) in [6.07, 6.45) is 1.08. The fourth-order valence-corrected chi connectivity index (χ4v) is 5.66. The average Bonchev–Trinajstić information content (AvgIpc) is 2.77. The first-order valence-electron chi connectivity index (χ1n) is 10.4. The molecular weight excluding hydrogens is 452 g/mol. The van der Waals surface area contributed by atoms with Crippen LogP contribution in [0.1, 0.15) is 30.6 Å². The van der Waals surface area contributed by atoms with Crippen molar-refractivity contribution < 1.29 is 22.7 Å². The van der Waals surface area contributed by atoms with E-state index in [1.807, 2.05) is 0 Å². The highest BCUT2D eigenvalue weighted by atomic mass is 35.5. The van der Waals surface area contributed by atoms with E-state index in [-0.39, 0.29) is 21.5 Å². The van der Waals surface area contributed by atoms with E-state index >= 15 is 0 Å². The number of carbonyl (C=O) groups excluding carboxylic acids is 1. The van der Waals surface area contributed by atoms with Gasteiger partial charge in [-0.15, -0.1) is 0 Å². The first-order valence-corrected chi connectivity index (χ1v) is 12.2. The van der Waals surface area contributed by atoms with Gasteiger partial charge in [0.1, 0.15) is 11.5 Å². The average molecular weight is 481 g/mol. The number of piperidine rings is 1. The van der Waals surface area contributed by atoms with Gasteiger partial charge in [0, 0.05) is 31.8 Å². The summed E-state index contributed by atoms with van der Waals surface area (Å²) in [5.41, 5.74) is 0.606. The van der Waals surface area contributed by atoms with Crippen molar-refractivity contribution in [3.05, 3.63) is 47.0 Å². The topological polar surface area (TPSA) is 76.1 Å². The number of sulfonamides is 1. The molecule has 9 heteroatoms. The van der Waals surface area contributed by atoms with Gasteiger partial charge in [0.2, 0.25) is 0 Å². The molecule has 2 atom stereocenters. The van der Waals surface area contributed by atoms with Gasteiger partial charge >= 0.3 is 0 Å². The maximum Gasteiger partial charge on any atom is 0.264 e. The van der Waals surface area contributed by atoms with Crippen LogP contribution in [0.25, 0.3) is 0 Å². The van der Waals surface area contributed by atoms with E-state index in [1.54, 1.807) is 17.0 Å². The third-order valence-electron chi connectivity index (χ3n) is 5.69. The van der Waals surface area contributed by atoms with Gasteiger partial charge in [-0.2, -0.15) is 0 Å². The van der Waals surface area contributed by atoms with E-state index in [1.165, 1.54) is 45.5 Å². The Morgan fingerprint density at radius 2 is 1.69 bits per heavy atom. The zero-order chi connectivity index (χ0) is 23.6. The lowest BCUT2D eigenvalue weighted by Gasteiger charge is -2.35. The molecule has 3 rings (SSSR count). The lowest BCUT2D eigenvalue weighted by molar-refractivity contribution is 0.0623. The number of halogens is 1. The van der Waals surface area contributed by atoms with Crippen molar-refractivity contribution >= 4 is 33.2 Å². The van der Waals surface area contributed by atoms with Crippen LogP contribution in [0.2, 0.25) is 5.02 Å². The molecule has 1 fully saturated rings. The number of rotatable bonds is 6. The SMILES string of the molecule is COc1cc(OC)c(N(C)S(=O)(=O)c2cccc(C(=O)N3C[C@H](C)C[C@H](C)C3)c2)cc1Cl. The van der Waals surface area contributed by atoms with Crippen LogP contribution >= 0.6 is 11.6 Å². The number of anilines is 1. The number of amides is 1. The normalized spacial score (nSPS) is 18.9. The Balaban J connectivity index is 1.94. The monoisotopic (exact) mass is 480 g/mol. The van der Waals surface area contributed by atoms with Gasteiger partial charge in [-0.3, -0.25) is 9.10 Å². The Kier molecular flexibility index (Phi) is 7.25. The zero-order valence-electron chi connectivity index (χ0n) is 19.0. The number of hydrogen-bond acceptors (Lipinski definition) is 5. The summed E-state index contributed by atoms with van der Waals surface area (Å²) < 4.78 is 38.4. The van der Waals surface area contributed by atoms with Gasteiger partial charge in [0.25, 0.3) is 15.9 Å². The number of nitrogens with zero attached hydrogens (tertiary/aromatic N) is 2. The molecular formula is C23H29ClN2O5S. The lowest BCUT2D eigenvalue weighted by atomic mass is 9.91. The highest BCUT2D eigenvalue weighted by Crippen LogP contribution is 2.39. The molecule has 1 aliphatic heterocycles. The molecule has 174 valence electrons. The minimum Gasteiger partial charge on any atom is -0.495 e. The number of hydrogen-bond donors (Lipinski definition) is 0. The molecule has 0 saturated carbocycles. The van der Waals surface area contributed by atoms with Crippen molar-refractivity contribution in [3.63, 3.8) is 0 Å². The van der Waals surface area contributed by atoms with Crippen molar-refractivity contribution in [2.45, 2.75) is 25.2 Å². The molecule has 1 aliphatic rings. The molecule has 32 heavy (non-hydrogen) atoms. The first kappa shape index (κ1) is 24.2. The zero-order valence-corrected chi connectivity index (χ0v) is 20.5. The third-order valence-corrected chi connectivity index (χ3v) is 7.75. The van der Waals surface area contributed by atoms with E-state index in [9.17, 15) is 13.2 Å². The van der Waals surface area contributed by atoms with E-state index in [0.717, 1.165) is 10.7 Å². The maximum absolute atomic E-state index is 13.4. The molecule has 0 bridgehead atoms. The van der Waals surface area contributed by atoms with Crippen LogP contribution < -0.4 is 13.8 Å². The molecule has 0 aromatic heterocycles. The molecule has 0 aliphatic carbocycles. The number of benzene rings is 2. The van der Waals surface area contributed by atoms with Crippen molar-refractivity contribution in [3.8, 4) is 11.5 Å². The standard InChI is InChI=1S/C23H29ClN2O5S/c1-15-9-16(2)14-26(13-15)23(27)17-7-6-8-18(10-17)32(28,29)25(3)20-11-19(24)21(30-4)12-22(20)31-5/h6-8,10-12,15-16H,9,13-14H2,1-5H3/t15-,16+. The fourth-order valence-electron chi connectivity index (χ4n) is 4.18. The van der Waals surface area contributed by atoms with Gasteiger partial charge in [0.15, 0.2) is 0 Å². The van der Waals surface area contributed by atoms with Gasteiger partial charge in [0.05, 0.1) is 29.8 Å². The maximum atomic E-state index is 13.4. The van der Waals surface area contributed by atoms with Crippen molar-refractivity contribution in [1.82, 2.24) is 4.90 Å². The van der Waals surface area contributed by atoms with Crippen LogP contribution in [0.3, 0.4) is 0 Å². The van der Waals surface area contributed by atoms with E-state index in [4.69, 9.17) is 21.1 Å². The molecule has 1 amide bonds. The number of ether oxygens (including phenoxy) is 2. The Morgan fingerprint density at radius 3 is 2.28 bits per heavy atom. The van der Waals surface area contributed by atoms with Crippen molar-refractivity contribution in [1.29, 1.82) is 0 Å². The second-order valence-electron chi connectivity index (χ2n) is 8.32. The van der Waals surface area contributed by atoms with E-state index in [2.05, 4.69) is 13.8 Å². The fraction of sp³-hybridized carbons (Fsp3) is 0.435. The minimum absolute atomic E-state index is 0.0120. The van der Waals surface area contributed by atoms with Crippen molar-refractivity contribution in [2.24, 2.45) is 11.8 Å². The quantitative estimate of drug-likeness (QED) is 0.616. The van der Waals surface area contributed by atoms with Crippen LogP contribution in [0, 0.1) is 11.8 Å². The summed E-state index contributed by atoms with van der Waals surface area (Å²) >= 11 is 6.22. The van der Waals surface area contributed by atoms with E-state index < -0.39 is 10.0 Å². The smallest absolute Gasteiger partial charge is 0.264 e. The number of carbonyl (C=O) groups is 1. The summed E-state index contributed by atoms with van der Waals surface area (Å²) in [5.74, 6) is 1.32. The summed E-state index contributed by atoms with van der Waals surface area (Å²) in [6.45, 7) is 5.58. The van der Waals surface area contributed by atoms with Crippen LogP contribution in [-0.4, -0.2) is 53.6 Å². The van der Waals surface area contributed by atoms with Crippen LogP contribution in [0.4, 0.5) is 5.69 Å². The van der Waals surface area contributed by atoms with Crippen LogP contribution in [-0.2, 0) is 10.0 Å².